The number of nitrogens with zero attached hydrogens (tertiary/aromatic N) is 6. The van der Waals surface area contributed by atoms with Crippen molar-refractivity contribution in [1.82, 2.24) is 24.7 Å². The van der Waals surface area contributed by atoms with Crippen LogP contribution in [0.2, 0.25) is 0 Å². The zero-order valence-electron chi connectivity index (χ0n) is 18.3. The first-order chi connectivity index (χ1) is 16.4. The average molecular weight is 465 g/mol. The van der Waals surface area contributed by atoms with E-state index in [-0.39, 0.29) is 17.5 Å². The van der Waals surface area contributed by atoms with Crippen LogP contribution in [0.25, 0.3) is 22.3 Å². The van der Waals surface area contributed by atoms with Gasteiger partial charge in [0.2, 0.25) is 0 Å². The van der Waals surface area contributed by atoms with Gasteiger partial charge in [0.15, 0.2) is 17.4 Å². The van der Waals surface area contributed by atoms with Gasteiger partial charge in [-0.15, -0.1) is 0 Å². The first-order valence-corrected chi connectivity index (χ1v) is 10.7. The Balaban J connectivity index is 1.44. The minimum absolute atomic E-state index is 0.0351. The molecule has 34 heavy (non-hydrogen) atoms. The second-order valence-corrected chi connectivity index (χ2v) is 8.10. The summed E-state index contributed by atoms with van der Waals surface area (Å²) in [5.41, 5.74) is 7.93. The molecule has 0 atom stereocenters. The molecule has 3 aromatic heterocycles. The van der Waals surface area contributed by atoms with E-state index in [0.29, 0.717) is 48.5 Å². The number of primary amides is 1. The largest absolute Gasteiger partial charge is 0.487 e. The summed E-state index contributed by atoms with van der Waals surface area (Å²) in [6, 6.07) is 4.81. The number of aryl methyl sites for hydroxylation is 1. The Hall–Kier alpha value is -4.15. The van der Waals surface area contributed by atoms with Crippen molar-refractivity contribution in [2.24, 2.45) is 12.8 Å². The lowest BCUT2D eigenvalue weighted by Crippen LogP contribution is -2.39. The number of ether oxygens (including phenoxy) is 1. The minimum Gasteiger partial charge on any atom is -0.487 e. The Labute approximate surface area is 193 Å². The summed E-state index contributed by atoms with van der Waals surface area (Å²) >= 11 is 0. The molecule has 2 N–H and O–H groups in total. The van der Waals surface area contributed by atoms with Gasteiger partial charge >= 0.3 is 0 Å². The summed E-state index contributed by atoms with van der Waals surface area (Å²) in [6.45, 7) is 1.16. The molecule has 0 saturated carbocycles. The molecular weight excluding hydrogens is 444 g/mol. The van der Waals surface area contributed by atoms with Gasteiger partial charge < -0.3 is 15.4 Å². The van der Waals surface area contributed by atoms with Gasteiger partial charge in [0, 0.05) is 50.8 Å². The smallest absolute Gasteiger partial charge is 0.267 e. The number of hydrogen-bond acceptors (Lipinski definition) is 7. The van der Waals surface area contributed by atoms with Crippen LogP contribution < -0.4 is 15.4 Å². The standard InChI is InChI=1S/C23H21F2N7O2/c1-31-12-13(10-28-31)21-23(30-17-9-18(22(26)33)27-11-19(17)29-21)32-6-4-15(5-7-32)34-20-3-2-14(24)8-16(20)25/h2-3,8-12,15H,4-7H2,1H3,(H2,26,33). The lowest BCUT2D eigenvalue weighted by Gasteiger charge is -2.33. The molecule has 0 bridgehead atoms. The number of fused-ring (bicyclic) bond motifs is 1. The Bertz CT molecular complexity index is 1380. The number of halogens is 2. The van der Waals surface area contributed by atoms with Crippen molar-refractivity contribution in [3.63, 3.8) is 0 Å². The number of amides is 1. The molecule has 4 heterocycles. The number of anilines is 1. The number of pyridine rings is 1. The Morgan fingerprint density at radius 1 is 1.12 bits per heavy atom. The zero-order valence-corrected chi connectivity index (χ0v) is 18.3. The van der Waals surface area contributed by atoms with Crippen LogP contribution in [0.15, 0.2) is 42.9 Å². The maximum atomic E-state index is 14.0. The van der Waals surface area contributed by atoms with Crippen LogP contribution in [-0.4, -0.2) is 49.8 Å². The van der Waals surface area contributed by atoms with Gasteiger partial charge in [-0.3, -0.25) is 9.48 Å². The Morgan fingerprint density at radius 3 is 2.59 bits per heavy atom. The van der Waals surface area contributed by atoms with Crippen molar-refractivity contribution >= 4 is 22.8 Å². The summed E-state index contributed by atoms with van der Waals surface area (Å²) < 4.78 is 34.6. The number of piperidine rings is 1. The number of carbonyl (C=O) groups excluding carboxylic acids is 1. The summed E-state index contributed by atoms with van der Waals surface area (Å²) in [7, 11) is 1.82. The highest BCUT2D eigenvalue weighted by molar-refractivity contribution is 5.94. The maximum absolute atomic E-state index is 14.0. The Kier molecular flexibility index (Phi) is 5.52. The lowest BCUT2D eigenvalue weighted by molar-refractivity contribution is 0.0995. The van der Waals surface area contributed by atoms with Crippen molar-refractivity contribution in [3.8, 4) is 17.0 Å². The fourth-order valence-electron chi connectivity index (χ4n) is 3.98. The van der Waals surface area contributed by atoms with Crippen molar-refractivity contribution in [2.75, 3.05) is 18.0 Å². The molecule has 11 heteroatoms. The molecule has 1 aliphatic heterocycles. The first kappa shape index (κ1) is 21.7. The van der Waals surface area contributed by atoms with E-state index in [0.717, 1.165) is 11.6 Å². The molecule has 0 radical (unpaired) electrons. The fraction of sp³-hybridized carbons (Fsp3) is 0.261. The highest BCUT2D eigenvalue weighted by atomic mass is 19.1. The second-order valence-electron chi connectivity index (χ2n) is 8.10. The third-order valence-corrected chi connectivity index (χ3v) is 5.69. The van der Waals surface area contributed by atoms with Gasteiger partial charge in [0.25, 0.3) is 5.91 Å². The molecular formula is C23H21F2N7O2. The molecule has 174 valence electrons. The molecule has 9 nitrogen and oxygen atoms in total. The third-order valence-electron chi connectivity index (χ3n) is 5.69. The van der Waals surface area contributed by atoms with Crippen molar-refractivity contribution < 1.29 is 18.3 Å². The summed E-state index contributed by atoms with van der Waals surface area (Å²) in [5, 5.41) is 4.24. The quantitative estimate of drug-likeness (QED) is 0.482. The fourth-order valence-corrected chi connectivity index (χ4v) is 3.98. The number of carbonyl (C=O) groups is 1. The second kappa shape index (κ2) is 8.65. The van der Waals surface area contributed by atoms with E-state index in [2.05, 4.69) is 15.0 Å². The summed E-state index contributed by atoms with van der Waals surface area (Å²) in [5.74, 6) is -1.35. The molecule has 0 unspecified atom stereocenters. The van der Waals surface area contributed by atoms with E-state index in [9.17, 15) is 13.6 Å². The van der Waals surface area contributed by atoms with Gasteiger partial charge in [0.1, 0.15) is 28.8 Å². The molecule has 1 aliphatic rings. The molecule has 5 rings (SSSR count). The van der Waals surface area contributed by atoms with E-state index in [4.69, 9.17) is 20.4 Å². The molecule has 1 fully saturated rings. The van der Waals surface area contributed by atoms with Crippen LogP contribution in [-0.2, 0) is 7.05 Å². The predicted molar refractivity (Wildman–Crippen MR) is 120 cm³/mol. The number of benzene rings is 1. The average Bonchev–Trinajstić information content (AvgIpc) is 3.26. The minimum atomic E-state index is -0.722. The molecule has 0 spiro atoms. The van der Waals surface area contributed by atoms with E-state index in [1.54, 1.807) is 10.9 Å². The van der Waals surface area contributed by atoms with E-state index in [1.165, 1.54) is 24.4 Å². The SMILES string of the molecule is Cn1cc(-c2nc3cnc(C(N)=O)cc3nc2N2CCC(Oc3ccc(F)cc3F)CC2)cn1. The van der Waals surface area contributed by atoms with E-state index in [1.807, 2.05) is 13.2 Å². The zero-order chi connectivity index (χ0) is 23.8. The molecule has 1 saturated heterocycles. The van der Waals surface area contributed by atoms with Crippen molar-refractivity contribution in [3.05, 3.63) is 60.2 Å². The van der Waals surface area contributed by atoms with E-state index < -0.39 is 17.5 Å². The van der Waals surface area contributed by atoms with Gasteiger partial charge in [-0.25, -0.2) is 23.7 Å². The summed E-state index contributed by atoms with van der Waals surface area (Å²) in [6.07, 6.45) is 6.01. The van der Waals surface area contributed by atoms with Crippen LogP contribution in [0.3, 0.4) is 0 Å². The van der Waals surface area contributed by atoms with Gasteiger partial charge in [-0.1, -0.05) is 0 Å². The van der Waals surface area contributed by atoms with Gasteiger partial charge in [-0.2, -0.15) is 5.10 Å². The molecule has 1 aromatic carbocycles. The monoisotopic (exact) mass is 465 g/mol. The highest BCUT2D eigenvalue weighted by Gasteiger charge is 2.26. The first-order valence-electron chi connectivity index (χ1n) is 10.7. The van der Waals surface area contributed by atoms with Crippen LogP contribution in [0, 0.1) is 11.6 Å². The van der Waals surface area contributed by atoms with E-state index >= 15 is 0 Å². The number of nitrogens with two attached hydrogens (primary N) is 1. The highest BCUT2D eigenvalue weighted by Crippen LogP contribution is 2.32. The van der Waals surface area contributed by atoms with Crippen molar-refractivity contribution in [1.29, 1.82) is 0 Å². The number of rotatable bonds is 5. The lowest BCUT2D eigenvalue weighted by atomic mass is 10.1. The summed E-state index contributed by atoms with van der Waals surface area (Å²) in [4.78, 5) is 27.3. The normalized spacial score (nSPS) is 14.5. The number of aromatic nitrogens is 5. The van der Waals surface area contributed by atoms with Gasteiger partial charge in [0.05, 0.1) is 17.9 Å². The van der Waals surface area contributed by atoms with Crippen LogP contribution in [0.4, 0.5) is 14.6 Å². The van der Waals surface area contributed by atoms with Crippen LogP contribution in [0.5, 0.6) is 5.75 Å². The molecule has 1 amide bonds. The van der Waals surface area contributed by atoms with Crippen LogP contribution in [0.1, 0.15) is 23.3 Å². The maximum Gasteiger partial charge on any atom is 0.267 e. The number of hydrogen-bond donors (Lipinski definition) is 1. The third kappa shape index (κ3) is 4.24. The predicted octanol–water partition coefficient (Wildman–Crippen LogP) is 2.85. The van der Waals surface area contributed by atoms with Crippen molar-refractivity contribution in [2.45, 2.75) is 18.9 Å². The van der Waals surface area contributed by atoms with Crippen LogP contribution >= 0.6 is 0 Å². The molecule has 4 aromatic rings. The van der Waals surface area contributed by atoms with Gasteiger partial charge in [-0.05, 0) is 18.2 Å². The Morgan fingerprint density at radius 2 is 1.91 bits per heavy atom. The molecule has 0 aliphatic carbocycles. The topological polar surface area (TPSA) is 112 Å².